The molecule has 3 rings (SSSR count). The lowest BCUT2D eigenvalue weighted by molar-refractivity contribution is 0.0734. The van der Waals surface area contributed by atoms with Crippen LogP contribution in [0.4, 0.5) is 13.2 Å². The van der Waals surface area contributed by atoms with E-state index in [0.29, 0.717) is 12.4 Å². The van der Waals surface area contributed by atoms with E-state index in [1.165, 1.54) is 18.2 Å². The molecule has 0 bridgehead atoms. The average Bonchev–Trinajstić information content (AvgIpc) is 2.67. The van der Waals surface area contributed by atoms with Gasteiger partial charge in [-0.05, 0) is 54.8 Å². The molecule has 3 aromatic carbocycles. The minimum Gasteiger partial charge on any atom is -0.490 e. The zero-order chi connectivity index (χ0) is 19.4. The van der Waals surface area contributed by atoms with Crippen molar-refractivity contribution in [1.29, 1.82) is 0 Å². The van der Waals surface area contributed by atoms with Crippen LogP contribution in [0, 0.1) is 17.5 Å². The molecule has 0 atom stereocenters. The van der Waals surface area contributed by atoms with E-state index in [1.807, 2.05) is 19.1 Å². The summed E-state index contributed by atoms with van der Waals surface area (Å²) in [7, 11) is 0. The monoisotopic (exact) mass is 372 g/mol. The van der Waals surface area contributed by atoms with E-state index in [1.54, 1.807) is 24.3 Å². The predicted octanol–water partition coefficient (Wildman–Crippen LogP) is 5.43. The number of fused-ring (bicyclic) bond motifs is 1. The van der Waals surface area contributed by atoms with Gasteiger partial charge in [0, 0.05) is 5.39 Å². The molecule has 0 aliphatic carbocycles. The number of hydrogen-bond acceptors (Lipinski definition) is 3. The average molecular weight is 372 g/mol. The molecule has 0 radical (unpaired) electrons. The van der Waals surface area contributed by atoms with Gasteiger partial charge in [0.2, 0.25) is 0 Å². The minimum absolute atomic E-state index is 0.0635. The summed E-state index contributed by atoms with van der Waals surface area (Å²) in [5.41, 5.74) is 0.0846. The van der Waals surface area contributed by atoms with Gasteiger partial charge in [-0.2, -0.15) is 0 Å². The van der Waals surface area contributed by atoms with Crippen LogP contribution in [0.15, 0.2) is 60.7 Å². The van der Waals surface area contributed by atoms with Crippen LogP contribution in [-0.4, -0.2) is 12.6 Å². The first-order valence-electron chi connectivity index (χ1n) is 8.13. The molecule has 0 heterocycles. The lowest BCUT2D eigenvalue weighted by Gasteiger charge is -2.08. The quantitative estimate of drug-likeness (QED) is 0.259. The number of benzene rings is 3. The Morgan fingerprint density at radius 2 is 1.67 bits per heavy atom. The van der Waals surface area contributed by atoms with Gasteiger partial charge < -0.3 is 9.47 Å². The molecule has 0 aromatic heterocycles. The van der Waals surface area contributed by atoms with E-state index >= 15 is 0 Å². The third-order valence-electron chi connectivity index (χ3n) is 3.82. The molecule has 0 aliphatic rings. The topological polar surface area (TPSA) is 35.5 Å². The first kappa shape index (κ1) is 18.5. The van der Waals surface area contributed by atoms with Crippen LogP contribution in [0.25, 0.3) is 10.8 Å². The van der Waals surface area contributed by atoms with Gasteiger partial charge in [-0.15, -0.1) is 0 Å². The zero-order valence-corrected chi connectivity index (χ0v) is 14.3. The van der Waals surface area contributed by atoms with Crippen molar-refractivity contribution in [3.8, 4) is 11.5 Å². The first-order valence-corrected chi connectivity index (χ1v) is 8.13. The van der Waals surface area contributed by atoms with Crippen LogP contribution in [-0.2, 0) is 0 Å². The Kier molecular flexibility index (Phi) is 5.45. The van der Waals surface area contributed by atoms with E-state index in [2.05, 4.69) is 0 Å². The Morgan fingerprint density at radius 1 is 0.963 bits per heavy atom. The molecule has 6 heteroatoms. The minimum atomic E-state index is -1.55. The lowest BCUT2D eigenvalue weighted by atomic mass is 10.1. The predicted molar refractivity (Wildman–Crippen MR) is 95.5 cm³/mol. The third-order valence-corrected chi connectivity index (χ3v) is 3.82. The van der Waals surface area contributed by atoms with Gasteiger partial charge in [0.05, 0.1) is 5.56 Å². The van der Waals surface area contributed by atoms with E-state index < -0.39 is 23.4 Å². The van der Waals surface area contributed by atoms with Gasteiger partial charge in [-0.25, -0.2) is 18.0 Å². The molecule has 138 valence electrons. The fourth-order valence-corrected chi connectivity index (χ4v) is 2.44. The maximum atomic E-state index is 13.7. The summed E-state index contributed by atoms with van der Waals surface area (Å²) in [4.78, 5) is 12.3. The van der Waals surface area contributed by atoms with Crippen molar-refractivity contribution in [2.75, 3.05) is 6.61 Å². The first-order chi connectivity index (χ1) is 13.0. The van der Waals surface area contributed by atoms with Crippen LogP contribution in [0.5, 0.6) is 11.5 Å². The van der Waals surface area contributed by atoms with Crippen LogP contribution in [0.3, 0.4) is 0 Å². The summed E-state index contributed by atoms with van der Waals surface area (Å²) in [6.45, 7) is 2.32. The number of rotatable bonds is 5. The molecule has 0 aliphatic heterocycles. The third kappa shape index (κ3) is 4.11. The Morgan fingerprint density at radius 3 is 2.37 bits per heavy atom. The van der Waals surface area contributed by atoms with Crippen molar-refractivity contribution in [3.05, 3.63) is 83.7 Å². The summed E-state index contributed by atoms with van der Waals surface area (Å²) in [5, 5.41) is -0.0540. The van der Waals surface area contributed by atoms with E-state index in [-0.39, 0.29) is 22.1 Å². The maximum Gasteiger partial charge on any atom is 0.343 e. The highest BCUT2D eigenvalue weighted by Gasteiger charge is 2.16. The summed E-state index contributed by atoms with van der Waals surface area (Å²) in [6.07, 6.45) is 3.72. The smallest absolute Gasteiger partial charge is 0.343 e. The highest BCUT2D eigenvalue weighted by Crippen LogP contribution is 2.25. The Bertz CT molecular complexity index is 1010. The summed E-state index contributed by atoms with van der Waals surface area (Å²) < 4.78 is 51.1. The number of carbonyl (C=O) groups excluding carboxylic acids is 1. The molecule has 0 saturated carbocycles. The fourth-order valence-electron chi connectivity index (χ4n) is 2.44. The van der Waals surface area contributed by atoms with Crippen molar-refractivity contribution in [3.63, 3.8) is 0 Å². The fraction of sp³-hybridized carbons (Fsp3) is 0.0952. The molecular formula is C21H15F3O3. The molecule has 0 amide bonds. The zero-order valence-electron chi connectivity index (χ0n) is 14.3. The second-order valence-corrected chi connectivity index (χ2v) is 5.66. The second kappa shape index (κ2) is 7.95. The second-order valence-electron chi connectivity index (χ2n) is 5.66. The SMILES string of the molecule is CC=CCOc1ccc(OC(=O)c2ccc3c(F)c(F)c(F)cc3c2)cc1. The number of esters is 1. The number of halogens is 3. The molecule has 0 spiro atoms. The van der Waals surface area contributed by atoms with E-state index in [0.717, 1.165) is 6.07 Å². The molecule has 3 aromatic rings. The van der Waals surface area contributed by atoms with Crippen LogP contribution in [0.2, 0.25) is 0 Å². The normalized spacial score (nSPS) is 11.1. The molecule has 0 saturated heterocycles. The van der Waals surface area contributed by atoms with Gasteiger partial charge in [-0.1, -0.05) is 18.2 Å². The van der Waals surface area contributed by atoms with Gasteiger partial charge in [0.25, 0.3) is 0 Å². The summed E-state index contributed by atoms with van der Waals surface area (Å²) in [6, 6.07) is 11.0. The number of allylic oxidation sites excluding steroid dienone is 1. The van der Waals surface area contributed by atoms with E-state index in [9.17, 15) is 18.0 Å². The van der Waals surface area contributed by atoms with Crippen molar-refractivity contribution in [1.82, 2.24) is 0 Å². The molecule has 0 N–H and O–H groups in total. The van der Waals surface area contributed by atoms with Crippen molar-refractivity contribution in [2.24, 2.45) is 0 Å². The van der Waals surface area contributed by atoms with Crippen molar-refractivity contribution in [2.45, 2.75) is 6.92 Å². The number of hydrogen-bond donors (Lipinski definition) is 0. The highest BCUT2D eigenvalue weighted by molar-refractivity contribution is 5.96. The number of carbonyl (C=O) groups is 1. The van der Waals surface area contributed by atoms with Gasteiger partial charge in [0.15, 0.2) is 17.5 Å². The largest absolute Gasteiger partial charge is 0.490 e. The Balaban J connectivity index is 1.77. The van der Waals surface area contributed by atoms with Gasteiger partial charge >= 0.3 is 5.97 Å². The van der Waals surface area contributed by atoms with Crippen LogP contribution in [0.1, 0.15) is 17.3 Å². The van der Waals surface area contributed by atoms with E-state index in [4.69, 9.17) is 9.47 Å². The maximum absolute atomic E-state index is 13.7. The standard InChI is InChI=1S/C21H15F3O3/c1-2-3-10-26-15-5-7-16(8-6-15)27-21(25)13-4-9-17-14(11-13)12-18(22)20(24)19(17)23/h2-9,11-12H,10H2,1H3. The Labute approximate surface area is 153 Å². The molecular weight excluding hydrogens is 357 g/mol. The summed E-state index contributed by atoms with van der Waals surface area (Å²) in [5.74, 6) is -3.96. The van der Waals surface area contributed by atoms with Gasteiger partial charge in [0.1, 0.15) is 18.1 Å². The van der Waals surface area contributed by atoms with Crippen molar-refractivity contribution < 1.29 is 27.4 Å². The number of ether oxygens (including phenoxy) is 2. The van der Waals surface area contributed by atoms with Crippen LogP contribution < -0.4 is 9.47 Å². The Hall–Kier alpha value is -3.28. The highest BCUT2D eigenvalue weighted by atomic mass is 19.2. The molecule has 0 unspecified atom stereocenters. The van der Waals surface area contributed by atoms with Gasteiger partial charge in [-0.3, -0.25) is 0 Å². The summed E-state index contributed by atoms with van der Waals surface area (Å²) >= 11 is 0. The lowest BCUT2D eigenvalue weighted by Crippen LogP contribution is -2.08. The van der Waals surface area contributed by atoms with Crippen LogP contribution >= 0.6 is 0 Å². The molecule has 3 nitrogen and oxygen atoms in total. The molecule has 0 fully saturated rings. The molecule has 27 heavy (non-hydrogen) atoms. The van der Waals surface area contributed by atoms with Crippen molar-refractivity contribution >= 4 is 16.7 Å².